The Hall–Kier alpha value is -1.96. The second-order valence-electron chi connectivity index (χ2n) is 7.01. The summed E-state index contributed by atoms with van der Waals surface area (Å²) in [4.78, 5) is 37.7. The highest BCUT2D eigenvalue weighted by Gasteiger charge is 2.19. The molecule has 0 saturated carbocycles. The molecule has 7 heteroatoms. The normalized spacial score (nSPS) is 11.9. The summed E-state index contributed by atoms with van der Waals surface area (Å²) < 4.78 is 0. The first kappa shape index (κ1) is 24.3. The molecule has 2 rings (SSSR count). The summed E-state index contributed by atoms with van der Waals surface area (Å²) in [5.41, 5.74) is 3.96. The number of thioether (sulfide) groups is 1. The molecule has 2 aromatic carbocycles. The average molecular weight is 491 g/mol. The Bertz CT molecular complexity index is 875. The smallest absolute Gasteiger partial charge is 0.219 e. The standard InChI is InChI=1S/C23H27BrN2O3S/c1-25-23(29)10-9-20(15-28)26(2)13-21-19(14-27)7-4-8-22(21)30-16-18-6-3-5-17(11-18)12-24/h3-8,11,14-15,20H,9-10,12-13,16H2,1-2H3,(H,25,29). The van der Waals surface area contributed by atoms with Gasteiger partial charge in [0.2, 0.25) is 5.91 Å². The summed E-state index contributed by atoms with van der Waals surface area (Å²) in [5, 5.41) is 3.39. The molecule has 1 atom stereocenters. The zero-order valence-electron chi connectivity index (χ0n) is 17.3. The minimum absolute atomic E-state index is 0.0921. The van der Waals surface area contributed by atoms with Crippen molar-refractivity contribution < 1.29 is 14.4 Å². The van der Waals surface area contributed by atoms with Crippen LogP contribution in [-0.2, 0) is 27.2 Å². The van der Waals surface area contributed by atoms with Gasteiger partial charge in [0.1, 0.15) is 12.6 Å². The van der Waals surface area contributed by atoms with E-state index in [2.05, 4.69) is 39.4 Å². The molecule has 30 heavy (non-hydrogen) atoms. The van der Waals surface area contributed by atoms with Crippen molar-refractivity contribution in [3.8, 4) is 0 Å². The van der Waals surface area contributed by atoms with Gasteiger partial charge in [0, 0.05) is 41.6 Å². The summed E-state index contributed by atoms with van der Waals surface area (Å²) in [7, 11) is 3.43. The van der Waals surface area contributed by atoms with E-state index in [1.54, 1.807) is 24.9 Å². The van der Waals surface area contributed by atoms with Crippen molar-refractivity contribution in [3.05, 3.63) is 64.7 Å². The summed E-state index contributed by atoms with van der Waals surface area (Å²) in [6.07, 6.45) is 2.44. The van der Waals surface area contributed by atoms with Crippen molar-refractivity contribution in [1.29, 1.82) is 0 Å². The van der Waals surface area contributed by atoms with Gasteiger partial charge in [-0.3, -0.25) is 14.5 Å². The molecule has 0 saturated heterocycles. The number of hydrogen-bond donors (Lipinski definition) is 1. The Labute approximate surface area is 190 Å². The number of amides is 1. The average Bonchev–Trinajstić information content (AvgIpc) is 2.78. The van der Waals surface area contributed by atoms with Crippen molar-refractivity contribution >= 4 is 46.2 Å². The van der Waals surface area contributed by atoms with Gasteiger partial charge >= 0.3 is 0 Å². The Morgan fingerprint density at radius 2 is 1.93 bits per heavy atom. The number of carbonyl (C=O) groups is 3. The van der Waals surface area contributed by atoms with Gasteiger partial charge in [-0.15, -0.1) is 11.8 Å². The molecule has 0 aliphatic heterocycles. The van der Waals surface area contributed by atoms with Gasteiger partial charge in [-0.1, -0.05) is 52.3 Å². The molecule has 0 radical (unpaired) electrons. The quantitative estimate of drug-likeness (QED) is 0.274. The van der Waals surface area contributed by atoms with E-state index in [-0.39, 0.29) is 12.3 Å². The van der Waals surface area contributed by atoms with Crippen LogP contribution in [-0.4, -0.2) is 43.5 Å². The van der Waals surface area contributed by atoms with E-state index in [0.29, 0.717) is 18.5 Å². The Balaban J connectivity index is 2.16. The number of carbonyl (C=O) groups excluding carboxylic acids is 3. The van der Waals surface area contributed by atoms with Crippen LogP contribution >= 0.6 is 27.7 Å². The monoisotopic (exact) mass is 490 g/mol. The van der Waals surface area contributed by atoms with Gasteiger partial charge < -0.3 is 10.1 Å². The summed E-state index contributed by atoms with van der Waals surface area (Å²) in [6.45, 7) is 0.454. The maximum atomic E-state index is 11.7. The number of rotatable bonds is 12. The van der Waals surface area contributed by atoms with Crippen molar-refractivity contribution in [2.75, 3.05) is 14.1 Å². The fourth-order valence-electron chi connectivity index (χ4n) is 3.12. The first-order valence-corrected chi connectivity index (χ1v) is 11.8. The van der Waals surface area contributed by atoms with E-state index >= 15 is 0 Å². The van der Waals surface area contributed by atoms with Gasteiger partial charge in [0.15, 0.2) is 0 Å². The van der Waals surface area contributed by atoms with Crippen molar-refractivity contribution in [2.24, 2.45) is 0 Å². The van der Waals surface area contributed by atoms with E-state index in [0.717, 1.165) is 34.1 Å². The summed E-state index contributed by atoms with van der Waals surface area (Å²) >= 11 is 5.17. The van der Waals surface area contributed by atoms with Gasteiger partial charge in [0.25, 0.3) is 0 Å². The van der Waals surface area contributed by atoms with Crippen molar-refractivity contribution in [3.63, 3.8) is 0 Å². The van der Waals surface area contributed by atoms with Crippen LogP contribution in [0.15, 0.2) is 47.4 Å². The number of aldehydes is 2. The molecule has 0 heterocycles. The summed E-state index contributed by atoms with van der Waals surface area (Å²) in [5.74, 6) is 0.693. The molecule has 0 aliphatic carbocycles. The predicted octanol–water partition coefficient (Wildman–Crippen LogP) is 4.21. The van der Waals surface area contributed by atoms with Crippen LogP contribution in [0.4, 0.5) is 0 Å². The van der Waals surface area contributed by atoms with E-state index in [1.807, 2.05) is 30.1 Å². The first-order chi connectivity index (χ1) is 14.5. The second kappa shape index (κ2) is 12.7. The lowest BCUT2D eigenvalue weighted by Gasteiger charge is -2.25. The first-order valence-electron chi connectivity index (χ1n) is 9.72. The number of alkyl halides is 1. The van der Waals surface area contributed by atoms with Gasteiger partial charge in [0.05, 0.1) is 6.04 Å². The number of benzene rings is 2. The number of halogens is 1. The van der Waals surface area contributed by atoms with Crippen LogP contribution in [0, 0.1) is 0 Å². The maximum Gasteiger partial charge on any atom is 0.219 e. The summed E-state index contributed by atoms with van der Waals surface area (Å²) in [6, 6.07) is 13.7. The minimum Gasteiger partial charge on any atom is -0.359 e. The molecule has 2 aromatic rings. The molecule has 0 spiro atoms. The molecule has 1 unspecified atom stereocenters. The zero-order valence-corrected chi connectivity index (χ0v) is 19.7. The maximum absolute atomic E-state index is 11.7. The third-order valence-electron chi connectivity index (χ3n) is 4.91. The van der Waals surface area contributed by atoms with E-state index in [4.69, 9.17) is 0 Å². The fourth-order valence-corrected chi connectivity index (χ4v) is 4.51. The van der Waals surface area contributed by atoms with E-state index in [9.17, 15) is 14.4 Å². The van der Waals surface area contributed by atoms with Crippen LogP contribution < -0.4 is 5.32 Å². The Kier molecular flexibility index (Phi) is 10.3. The molecule has 1 N–H and O–H groups in total. The minimum atomic E-state index is -0.393. The lowest BCUT2D eigenvalue weighted by Crippen LogP contribution is -2.34. The van der Waals surface area contributed by atoms with E-state index < -0.39 is 6.04 Å². The molecule has 0 aromatic heterocycles. The van der Waals surface area contributed by atoms with Gasteiger partial charge in [-0.05, 0) is 36.2 Å². The van der Waals surface area contributed by atoms with Crippen LogP contribution in [0.1, 0.15) is 39.9 Å². The Morgan fingerprint density at radius 3 is 2.60 bits per heavy atom. The van der Waals surface area contributed by atoms with E-state index in [1.165, 1.54) is 11.1 Å². The lowest BCUT2D eigenvalue weighted by atomic mass is 10.1. The lowest BCUT2D eigenvalue weighted by molar-refractivity contribution is -0.121. The highest BCUT2D eigenvalue weighted by atomic mass is 79.9. The van der Waals surface area contributed by atoms with Gasteiger partial charge in [-0.25, -0.2) is 0 Å². The Morgan fingerprint density at radius 1 is 1.20 bits per heavy atom. The third kappa shape index (κ3) is 7.07. The van der Waals surface area contributed by atoms with Crippen LogP contribution in [0.2, 0.25) is 0 Å². The number of nitrogens with zero attached hydrogens (tertiary/aromatic N) is 1. The molecular formula is C23H27BrN2O3S. The van der Waals surface area contributed by atoms with Crippen LogP contribution in [0.5, 0.6) is 0 Å². The highest BCUT2D eigenvalue weighted by Crippen LogP contribution is 2.30. The van der Waals surface area contributed by atoms with Gasteiger partial charge in [-0.2, -0.15) is 0 Å². The largest absolute Gasteiger partial charge is 0.359 e. The number of likely N-dealkylation sites (N-methyl/N-ethyl adjacent to an activating group) is 1. The molecule has 160 valence electrons. The highest BCUT2D eigenvalue weighted by molar-refractivity contribution is 9.08. The van der Waals surface area contributed by atoms with Crippen LogP contribution in [0.25, 0.3) is 0 Å². The molecule has 1 amide bonds. The predicted molar refractivity (Wildman–Crippen MR) is 125 cm³/mol. The number of hydrogen-bond acceptors (Lipinski definition) is 5. The molecule has 0 bridgehead atoms. The van der Waals surface area contributed by atoms with Crippen molar-refractivity contribution in [2.45, 2.75) is 41.4 Å². The van der Waals surface area contributed by atoms with Crippen molar-refractivity contribution in [1.82, 2.24) is 10.2 Å². The third-order valence-corrected chi connectivity index (χ3v) is 6.73. The van der Waals surface area contributed by atoms with Crippen LogP contribution in [0.3, 0.4) is 0 Å². The molecule has 0 aliphatic rings. The second-order valence-corrected chi connectivity index (χ2v) is 8.59. The SMILES string of the molecule is CNC(=O)CCC(C=O)N(C)Cc1c(C=O)cccc1SCc1cccc(CBr)c1. The fraction of sp³-hybridized carbons (Fsp3) is 0.348. The molecule has 0 fully saturated rings. The molecule has 5 nitrogen and oxygen atoms in total. The topological polar surface area (TPSA) is 66.5 Å². The molecular weight excluding hydrogens is 464 g/mol. The number of nitrogens with one attached hydrogen (secondary N) is 1. The zero-order chi connectivity index (χ0) is 21.9.